The molecule has 0 aliphatic carbocycles. The number of para-hydroxylation sites is 1. The van der Waals surface area contributed by atoms with E-state index in [-0.39, 0.29) is 0 Å². The van der Waals surface area contributed by atoms with Crippen LogP contribution >= 0.6 is 11.6 Å². The van der Waals surface area contributed by atoms with E-state index < -0.39 is 0 Å². The SMILES string of the molecule is N#CCCN(c1ccccc1)c1ncc(N)cc1Cl. The smallest absolute Gasteiger partial charge is 0.151 e. The third kappa shape index (κ3) is 3.15. The number of nitrogen functional groups attached to an aromatic ring is 1. The minimum absolute atomic E-state index is 0.386. The first kappa shape index (κ1) is 13.2. The van der Waals surface area contributed by atoms with Crippen LogP contribution in [0.2, 0.25) is 5.02 Å². The first-order valence-corrected chi connectivity index (χ1v) is 6.20. The van der Waals surface area contributed by atoms with Gasteiger partial charge < -0.3 is 10.6 Å². The van der Waals surface area contributed by atoms with E-state index in [4.69, 9.17) is 22.6 Å². The van der Waals surface area contributed by atoms with Crippen molar-refractivity contribution in [2.24, 2.45) is 0 Å². The molecule has 0 spiro atoms. The number of nitrogens with zero attached hydrogens (tertiary/aromatic N) is 3. The molecule has 2 rings (SSSR count). The molecular formula is C14H13ClN4. The van der Waals surface area contributed by atoms with Crippen LogP contribution in [0.15, 0.2) is 42.6 Å². The number of nitriles is 1. The summed E-state index contributed by atoms with van der Waals surface area (Å²) in [5.74, 6) is 0.609. The van der Waals surface area contributed by atoms with Crippen molar-refractivity contribution in [3.8, 4) is 6.07 Å². The quantitative estimate of drug-likeness (QED) is 0.927. The molecule has 0 atom stereocenters. The molecule has 5 heteroatoms. The van der Waals surface area contributed by atoms with E-state index in [1.54, 1.807) is 12.3 Å². The van der Waals surface area contributed by atoms with Crippen LogP contribution in [-0.4, -0.2) is 11.5 Å². The predicted octanol–water partition coefficient (Wildman–Crippen LogP) is 3.37. The van der Waals surface area contributed by atoms with E-state index >= 15 is 0 Å². The second-order valence-electron chi connectivity index (χ2n) is 3.97. The Morgan fingerprint density at radius 1 is 1.32 bits per heavy atom. The maximum absolute atomic E-state index is 8.77. The Morgan fingerprint density at radius 3 is 2.68 bits per heavy atom. The number of pyridine rings is 1. The van der Waals surface area contributed by atoms with Crippen LogP contribution in [0.4, 0.5) is 17.2 Å². The first-order valence-electron chi connectivity index (χ1n) is 5.83. The van der Waals surface area contributed by atoms with Crippen LogP contribution in [-0.2, 0) is 0 Å². The monoisotopic (exact) mass is 272 g/mol. The van der Waals surface area contributed by atoms with E-state index in [0.717, 1.165) is 5.69 Å². The fourth-order valence-electron chi connectivity index (χ4n) is 1.77. The molecule has 4 nitrogen and oxygen atoms in total. The lowest BCUT2D eigenvalue weighted by atomic mass is 10.2. The van der Waals surface area contributed by atoms with Crippen LogP contribution in [0.1, 0.15) is 6.42 Å². The largest absolute Gasteiger partial charge is 0.397 e. The summed E-state index contributed by atoms with van der Waals surface area (Å²) in [6.07, 6.45) is 1.95. The molecule has 19 heavy (non-hydrogen) atoms. The normalized spacial score (nSPS) is 9.89. The molecular weight excluding hydrogens is 260 g/mol. The van der Waals surface area contributed by atoms with Crippen LogP contribution < -0.4 is 10.6 Å². The van der Waals surface area contributed by atoms with E-state index in [1.807, 2.05) is 35.2 Å². The zero-order chi connectivity index (χ0) is 13.7. The highest BCUT2D eigenvalue weighted by Crippen LogP contribution is 2.30. The molecule has 0 fully saturated rings. The second kappa shape index (κ2) is 6.07. The van der Waals surface area contributed by atoms with Gasteiger partial charge in [-0.15, -0.1) is 0 Å². The number of halogens is 1. The van der Waals surface area contributed by atoms with Crippen molar-refractivity contribution in [3.05, 3.63) is 47.6 Å². The Morgan fingerprint density at radius 2 is 2.05 bits per heavy atom. The molecule has 1 heterocycles. The minimum atomic E-state index is 0.386. The molecule has 0 amide bonds. The van der Waals surface area contributed by atoms with Crippen molar-refractivity contribution in [1.82, 2.24) is 4.98 Å². The predicted molar refractivity (Wildman–Crippen MR) is 77.3 cm³/mol. The summed E-state index contributed by atoms with van der Waals surface area (Å²) in [6, 6.07) is 13.5. The van der Waals surface area contributed by atoms with Crippen molar-refractivity contribution in [2.75, 3.05) is 17.2 Å². The number of nitrogens with two attached hydrogens (primary N) is 1. The maximum Gasteiger partial charge on any atom is 0.151 e. The first-order chi connectivity index (χ1) is 9.22. The van der Waals surface area contributed by atoms with Gasteiger partial charge in [0.15, 0.2) is 5.82 Å². The zero-order valence-electron chi connectivity index (χ0n) is 10.3. The molecule has 0 unspecified atom stereocenters. The summed E-state index contributed by atoms with van der Waals surface area (Å²) >= 11 is 6.19. The fraction of sp³-hybridized carbons (Fsp3) is 0.143. The number of anilines is 3. The zero-order valence-corrected chi connectivity index (χ0v) is 11.0. The van der Waals surface area contributed by atoms with E-state index in [1.165, 1.54) is 0 Å². The van der Waals surface area contributed by atoms with Crippen molar-refractivity contribution in [1.29, 1.82) is 5.26 Å². The summed E-state index contributed by atoms with van der Waals surface area (Å²) in [4.78, 5) is 6.17. The minimum Gasteiger partial charge on any atom is -0.397 e. The number of aromatic nitrogens is 1. The van der Waals surface area contributed by atoms with Gasteiger partial charge in [0.05, 0.1) is 29.4 Å². The third-order valence-electron chi connectivity index (χ3n) is 2.61. The highest BCUT2D eigenvalue weighted by Gasteiger charge is 2.13. The van der Waals surface area contributed by atoms with Gasteiger partial charge in [-0.25, -0.2) is 4.98 Å². The van der Waals surface area contributed by atoms with Crippen molar-refractivity contribution in [2.45, 2.75) is 6.42 Å². The molecule has 96 valence electrons. The van der Waals surface area contributed by atoms with Gasteiger partial charge in [0.1, 0.15) is 0 Å². The molecule has 2 aromatic rings. The van der Waals surface area contributed by atoms with Gasteiger partial charge in [0, 0.05) is 12.2 Å². The van der Waals surface area contributed by atoms with Crippen molar-refractivity contribution in [3.63, 3.8) is 0 Å². The Hall–Kier alpha value is -2.25. The number of benzene rings is 1. The number of hydrogen-bond acceptors (Lipinski definition) is 4. The van der Waals surface area contributed by atoms with Gasteiger partial charge in [0.2, 0.25) is 0 Å². The molecule has 0 saturated heterocycles. The van der Waals surface area contributed by atoms with E-state index in [2.05, 4.69) is 11.1 Å². The molecule has 0 aliphatic heterocycles. The molecule has 0 saturated carbocycles. The Bertz CT molecular complexity index is 592. The van der Waals surface area contributed by atoms with Crippen LogP contribution in [0, 0.1) is 11.3 Å². The van der Waals surface area contributed by atoms with E-state index in [0.29, 0.717) is 29.5 Å². The lowest BCUT2D eigenvalue weighted by Gasteiger charge is -2.23. The summed E-state index contributed by atoms with van der Waals surface area (Å²) < 4.78 is 0. The lowest BCUT2D eigenvalue weighted by molar-refractivity contribution is 0.927. The molecule has 2 N–H and O–H groups in total. The highest BCUT2D eigenvalue weighted by atomic mass is 35.5. The van der Waals surface area contributed by atoms with Gasteiger partial charge in [0.25, 0.3) is 0 Å². The third-order valence-corrected chi connectivity index (χ3v) is 2.89. The average Bonchev–Trinajstić information content (AvgIpc) is 2.42. The van der Waals surface area contributed by atoms with Gasteiger partial charge >= 0.3 is 0 Å². The van der Waals surface area contributed by atoms with Crippen LogP contribution in [0.5, 0.6) is 0 Å². The van der Waals surface area contributed by atoms with Crippen molar-refractivity contribution >= 4 is 28.8 Å². The second-order valence-corrected chi connectivity index (χ2v) is 4.38. The molecule has 1 aromatic carbocycles. The lowest BCUT2D eigenvalue weighted by Crippen LogP contribution is -2.19. The topological polar surface area (TPSA) is 65.9 Å². The fourth-order valence-corrected chi connectivity index (χ4v) is 2.05. The van der Waals surface area contributed by atoms with Gasteiger partial charge in [-0.3, -0.25) is 0 Å². The summed E-state index contributed by atoms with van der Waals surface area (Å²) in [7, 11) is 0. The summed E-state index contributed by atoms with van der Waals surface area (Å²) in [5.41, 5.74) is 7.11. The summed E-state index contributed by atoms with van der Waals surface area (Å²) in [5, 5.41) is 9.25. The van der Waals surface area contributed by atoms with Gasteiger partial charge in [-0.05, 0) is 18.2 Å². The molecule has 0 radical (unpaired) electrons. The van der Waals surface area contributed by atoms with Crippen molar-refractivity contribution < 1.29 is 0 Å². The molecule has 1 aromatic heterocycles. The highest BCUT2D eigenvalue weighted by molar-refractivity contribution is 6.33. The molecule has 0 aliphatic rings. The summed E-state index contributed by atoms with van der Waals surface area (Å²) in [6.45, 7) is 0.525. The van der Waals surface area contributed by atoms with Crippen LogP contribution in [0.25, 0.3) is 0 Å². The van der Waals surface area contributed by atoms with Gasteiger partial charge in [-0.2, -0.15) is 5.26 Å². The average molecular weight is 273 g/mol. The van der Waals surface area contributed by atoms with Crippen LogP contribution in [0.3, 0.4) is 0 Å². The number of rotatable bonds is 4. The van der Waals surface area contributed by atoms with Gasteiger partial charge in [-0.1, -0.05) is 29.8 Å². The van der Waals surface area contributed by atoms with E-state index in [9.17, 15) is 0 Å². The number of hydrogen-bond donors (Lipinski definition) is 1. The molecule has 0 bridgehead atoms. The Labute approximate surface area is 117 Å². The standard InChI is InChI=1S/C14H13ClN4/c15-13-9-11(17)10-18-14(13)19(8-4-7-16)12-5-2-1-3-6-12/h1-3,5-6,9-10H,4,8,17H2. The Kier molecular flexibility index (Phi) is 4.22. The maximum atomic E-state index is 8.77. The Balaban J connectivity index is 2.40.